The summed E-state index contributed by atoms with van der Waals surface area (Å²) in [6.07, 6.45) is 6.68. The number of benzene rings is 6. The van der Waals surface area contributed by atoms with E-state index in [2.05, 4.69) is 126 Å². The van der Waals surface area contributed by atoms with E-state index in [1.807, 2.05) is 48.8 Å². The Balaban J connectivity index is 0.000000214. The molecule has 2 aliphatic rings. The summed E-state index contributed by atoms with van der Waals surface area (Å²) in [5.74, 6) is -0.379. The standard InChI is InChI=1S/C37H35FN5O6S.C24H20B/c1-39(2)36(46)43-20-29(27-13-10-24(18-31(27)43)23-8-11-26(38)12-9-23)33(44)28-14-17-41-32(28)21-50-34(41)25-6-4-15-40(19-25)22-49-37(47)42-16-5-7-30(42)35(45)48-3;1-5-13-21(14-6-1)25(22-15-7-2-8-16-22,23-17-9-3-10-18-23)24-19-11-4-12-20-24/h4,6,8-15,17-20,30,34H,5,7,16,21-22H2,1-3H3;1-20H/q+1;-1/t30-,34+;/m0./s1. The van der Waals surface area contributed by atoms with Gasteiger partial charge in [0.1, 0.15) is 23.4 Å². The van der Waals surface area contributed by atoms with Crippen LogP contribution in [0.3, 0.4) is 0 Å². The number of carbonyl (C=O) groups excluding carboxylic acids is 4. The van der Waals surface area contributed by atoms with E-state index < -0.39 is 24.3 Å². The summed E-state index contributed by atoms with van der Waals surface area (Å²) in [7, 11) is 4.62. The van der Waals surface area contributed by atoms with E-state index in [1.54, 1.807) is 55.0 Å². The number of amides is 2. The number of methoxy groups -OCH3 is 1. The van der Waals surface area contributed by atoms with Gasteiger partial charge >= 0.3 is 18.1 Å². The maximum atomic E-state index is 14.2. The van der Waals surface area contributed by atoms with E-state index in [4.69, 9.17) is 9.47 Å². The normalized spacial score (nSPS) is 14.9. The highest BCUT2D eigenvalue weighted by Crippen LogP contribution is 2.43. The number of esters is 1. The number of ether oxygens (including phenoxy) is 2. The van der Waals surface area contributed by atoms with Crippen molar-refractivity contribution in [3.8, 4) is 11.1 Å². The fourth-order valence-electron chi connectivity index (χ4n) is 10.8. The molecule has 11 nitrogen and oxygen atoms in total. The van der Waals surface area contributed by atoms with Crippen LogP contribution in [0.25, 0.3) is 22.0 Å². The summed E-state index contributed by atoms with van der Waals surface area (Å²) < 4.78 is 29.3. The minimum Gasteiger partial charge on any atom is -0.467 e. The average Bonchev–Trinajstić information content (AvgIpc) is 4.29. The summed E-state index contributed by atoms with van der Waals surface area (Å²) in [5.41, 5.74) is 10.3. The molecule has 0 radical (unpaired) electrons. The molecular weight excluding hydrogens is 961 g/mol. The average molecular weight is 1020 g/mol. The van der Waals surface area contributed by atoms with Crippen LogP contribution in [0.1, 0.15) is 45.4 Å². The van der Waals surface area contributed by atoms with Crippen molar-refractivity contribution in [1.82, 2.24) is 18.9 Å². The number of fused-ring (bicyclic) bond motifs is 2. The Kier molecular flexibility index (Phi) is 14.6. The van der Waals surface area contributed by atoms with Crippen molar-refractivity contribution >= 4 is 74.5 Å². The van der Waals surface area contributed by atoms with Gasteiger partial charge in [-0.25, -0.2) is 18.8 Å². The zero-order chi connectivity index (χ0) is 52.1. The van der Waals surface area contributed by atoms with Crippen molar-refractivity contribution in [2.45, 2.75) is 36.7 Å². The summed E-state index contributed by atoms with van der Waals surface area (Å²) in [6, 6.07) is 60.0. The number of nitrogens with zero attached hydrogens (tertiary/aromatic N) is 5. The molecule has 5 heterocycles. The molecule has 1 fully saturated rings. The first-order valence-electron chi connectivity index (χ1n) is 24.9. The second-order valence-corrected chi connectivity index (χ2v) is 20.0. The highest BCUT2D eigenvalue weighted by molar-refractivity contribution is 7.99. The van der Waals surface area contributed by atoms with E-state index in [-0.39, 0.29) is 29.7 Å². The first kappa shape index (κ1) is 50.1. The molecule has 6 aromatic carbocycles. The van der Waals surface area contributed by atoms with Crippen LogP contribution < -0.4 is 26.4 Å². The third-order valence-corrected chi connectivity index (χ3v) is 15.6. The van der Waals surface area contributed by atoms with E-state index in [1.165, 1.54) is 55.5 Å². The molecule has 9 aromatic rings. The zero-order valence-electron chi connectivity index (χ0n) is 41.9. The maximum absolute atomic E-state index is 14.2. The Labute approximate surface area is 439 Å². The van der Waals surface area contributed by atoms with Crippen molar-refractivity contribution < 1.29 is 37.6 Å². The molecule has 0 saturated carbocycles. The Hall–Kier alpha value is -8.49. The molecule has 0 spiro atoms. The van der Waals surface area contributed by atoms with Crippen molar-refractivity contribution in [1.29, 1.82) is 0 Å². The lowest BCUT2D eigenvalue weighted by Crippen LogP contribution is -2.74. The Morgan fingerprint density at radius 3 is 1.88 bits per heavy atom. The number of thioether (sulfide) groups is 1. The first-order valence-corrected chi connectivity index (χ1v) is 26.0. The summed E-state index contributed by atoms with van der Waals surface area (Å²) in [5, 5.41) is 0.524. The minimum atomic E-state index is -1.22. The number of halogens is 1. The molecule has 0 N–H and O–H groups in total. The second-order valence-electron chi connectivity index (χ2n) is 19.0. The third kappa shape index (κ3) is 9.89. The Bertz CT molecular complexity index is 3340. The maximum Gasteiger partial charge on any atom is 0.415 e. The molecule has 11 rings (SSSR count). The number of pyridine rings is 1. The van der Waals surface area contributed by atoms with Gasteiger partial charge in [-0.1, -0.05) is 146 Å². The molecule has 0 unspecified atom stereocenters. The lowest BCUT2D eigenvalue weighted by atomic mass is 9.13. The molecule has 0 bridgehead atoms. The van der Waals surface area contributed by atoms with E-state index in [0.29, 0.717) is 47.2 Å². The fourth-order valence-corrected chi connectivity index (χ4v) is 12.1. The molecular formula is C61H55BFN5O6S. The summed E-state index contributed by atoms with van der Waals surface area (Å²) in [6.45, 7) is 0.401. The van der Waals surface area contributed by atoms with Crippen LogP contribution in [0.2, 0.25) is 0 Å². The van der Waals surface area contributed by atoms with Crippen LogP contribution >= 0.6 is 11.8 Å². The molecule has 2 amide bonds. The van der Waals surface area contributed by atoms with Crippen molar-refractivity contribution in [3.05, 3.63) is 235 Å². The number of hydrogen-bond donors (Lipinski definition) is 0. The Morgan fingerprint density at radius 2 is 1.31 bits per heavy atom. The van der Waals surface area contributed by atoms with Crippen LogP contribution in [0, 0.1) is 5.82 Å². The Morgan fingerprint density at radius 1 is 0.720 bits per heavy atom. The predicted octanol–water partition coefficient (Wildman–Crippen LogP) is 8.89. The lowest BCUT2D eigenvalue weighted by molar-refractivity contribution is -0.727. The third-order valence-electron chi connectivity index (χ3n) is 14.4. The van der Waals surface area contributed by atoms with Gasteiger partial charge in [-0.15, -0.1) is 11.8 Å². The van der Waals surface area contributed by atoms with Gasteiger partial charge in [0.05, 0.1) is 12.6 Å². The predicted molar refractivity (Wildman–Crippen MR) is 294 cm³/mol. The van der Waals surface area contributed by atoms with Gasteiger partial charge in [0.25, 0.3) is 6.73 Å². The van der Waals surface area contributed by atoms with Gasteiger partial charge in [0.2, 0.25) is 0 Å². The fraction of sp³-hybridized carbons (Fsp3) is 0.164. The van der Waals surface area contributed by atoms with Gasteiger partial charge in [0, 0.05) is 72.6 Å². The van der Waals surface area contributed by atoms with Crippen molar-refractivity contribution in [3.63, 3.8) is 0 Å². The van der Waals surface area contributed by atoms with Gasteiger partial charge < -0.3 is 18.9 Å². The molecule has 2 atom stereocenters. The molecule has 376 valence electrons. The van der Waals surface area contributed by atoms with Crippen LogP contribution in [0.4, 0.5) is 14.0 Å². The molecule has 1 saturated heterocycles. The van der Waals surface area contributed by atoms with E-state index in [0.717, 1.165) is 22.4 Å². The summed E-state index contributed by atoms with van der Waals surface area (Å²) in [4.78, 5) is 55.2. The van der Waals surface area contributed by atoms with Crippen LogP contribution in [-0.4, -0.2) is 82.7 Å². The van der Waals surface area contributed by atoms with Gasteiger partial charge in [-0.3, -0.25) is 14.3 Å². The number of likely N-dealkylation sites (tertiary alicyclic amines) is 1. The van der Waals surface area contributed by atoms with Crippen molar-refractivity contribution in [2.75, 3.05) is 27.7 Å². The number of aromatic nitrogens is 3. The first-order chi connectivity index (χ1) is 36.6. The zero-order valence-corrected chi connectivity index (χ0v) is 42.7. The largest absolute Gasteiger partial charge is 0.467 e. The highest BCUT2D eigenvalue weighted by Gasteiger charge is 2.37. The quantitative estimate of drug-likeness (QED) is 0.0552. The number of rotatable bonds is 11. The van der Waals surface area contributed by atoms with Crippen LogP contribution in [0.5, 0.6) is 0 Å². The monoisotopic (exact) mass is 1020 g/mol. The highest BCUT2D eigenvalue weighted by atomic mass is 32.2. The topological polar surface area (TPSA) is 107 Å². The van der Waals surface area contributed by atoms with Crippen molar-refractivity contribution in [2.24, 2.45) is 0 Å². The van der Waals surface area contributed by atoms with E-state index in [9.17, 15) is 23.6 Å². The second kappa shape index (κ2) is 21.9. The minimum absolute atomic E-state index is 0.0324. The number of carbonyl (C=O) groups is 4. The number of ketones is 1. The van der Waals surface area contributed by atoms with E-state index >= 15 is 0 Å². The van der Waals surface area contributed by atoms with Crippen LogP contribution in [-0.2, 0) is 26.8 Å². The molecule has 75 heavy (non-hydrogen) atoms. The SMILES string of the molecule is COC(=O)[C@@H]1CCCN1C(=O)OC[n+]1cccc([C@H]2SCc3c(C(=O)c4cn(C(=O)N(C)C)c5cc(-c6ccc(F)cc6)ccc45)ccn32)c1.c1ccc([B-](c2ccccc2)(c2ccccc2)c2ccccc2)cc1. The summed E-state index contributed by atoms with van der Waals surface area (Å²) >= 11 is 1.67. The lowest BCUT2D eigenvalue weighted by Gasteiger charge is -2.44. The smallest absolute Gasteiger partial charge is 0.415 e. The van der Waals surface area contributed by atoms with Gasteiger partial charge in [-0.2, -0.15) is 26.4 Å². The van der Waals surface area contributed by atoms with Crippen LogP contribution in [0.15, 0.2) is 207 Å². The molecule has 14 heteroatoms. The molecule has 0 aliphatic carbocycles. The molecule has 3 aromatic heterocycles. The number of hydrogen-bond acceptors (Lipinski definition) is 7. The van der Waals surface area contributed by atoms with Gasteiger partial charge in [0.15, 0.2) is 18.2 Å². The molecule has 2 aliphatic heterocycles. The van der Waals surface area contributed by atoms with Gasteiger partial charge in [-0.05, 0) is 54.3 Å².